The summed E-state index contributed by atoms with van der Waals surface area (Å²) in [6.07, 6.45) is -50.2. The lowest BCUT2D eigenvalue weighted by atomic mass is 9.95. The van der Waals surface area contributed by atoms with Crippen LogP contribution in [0, 0.1) is 11.3 Å². The van der Waals surface area contributed by atoms with Gasteiger partial charge in [-0.1, -0.05) is 66.7 Å². The van der Waals surface area contributed by atoms with E-state index >= 15 is 13.2 Å². The molecule has 2 heterocycles. The van der Waals surface area contributed by atoms with E-state index in [1.54, 1.807) is 6.07 Å². The highest BCUT2D eigenvalue weighted by molar-refractivity contribution is 6.14. The molecule has 0 atom stereocenters. The Labute approximate surface area is 541 Å². The Hall–Kier alpha value is -10.6. The molecule has 10 aromatic carbocycles. The molecule has 0 amide bonds. The van der Waals surface area contributed by atoms with Crippen LogP contribution in [0.25, 0.3) is 111 Å². The van der Waals surface area contributed by atoms with Gasteiger partial charge in [0.1, 0.15) is 5.56 Å². The number of nitriles is 1. The summed E-state index contributed by atoms with van der Waals surface area (Å²) in [5.74, 6) is 0. The molecule has 12 rings (SSSR count). The normalized spacial score (nSPS) is 13.3. The van der Waals surface area contributed by atoms with Crippen LogP contribution in [0.3, 0.4) is 0 Å². The van der Waals surface area contributed by atoms with Crippen molar-refractivity contribution in [3.8, 4) is 73.1 Å². The molecule has 0 N–H and O–H groups in total. The number of rotatable bonds is 7. The smallest absolute Gasteiger partial charge is 0.309 e. The predicted octanol–water partition coefficient (Wildman–Crippen LogP) is 25.3. The summed E-state index contributed by atoms with van der Waals surface area (Å²) < 4.78 is 402. The second-order valence-electron chi connectivity index (χ2n) is 22.8. The lowest BCUT2D eigenvalue weighted by Gasteiger charge is -2.25. The van der Waals surface area contributed by atoms with Crippen molar-refractivity contribution in [2.45, 2.75) is 55.6 Å². The molecule has 3 nitrogen and oxygen atoms in total. The van der Waals surface area contributed by atoms with Crippen LogP contribution in [0.5, 0.6) is 0 Å². The highest BCUT2D eigenvalue weighted by atomic mass is 19.4. The zero-order valence-corrected chi connectivity index (χ0v) is 48.9. The molecule has 0 fully saturated rings. The van der Waals surface area contributed by atoms with E-state index in [0.29, 0.717) is 15.2 Å². The third-order valence-electron chi connectivity index (χ3n) is 16.4. The number of hydrogen-bond acceptors (Lipinski definition) is 1. The number of hydrogen-bond donors (Lipinski definition) is 0. The summed E-state index contributed by atoms with van der Waals surface area (Å²) in [6.45, 7) is 0. The van der Waals surface area contributed by atoms with Crippen LogP contribution in [0.4, 0.5) is 119 Å². The van der Waals surface area contributed by atoms with Crippen molar-refractivity contribution in [3.63, 3.8) is 0 Å². The van der Waals surface area contributed by atoms with Gasteiger partial charge in [-0.3, -0.25) is 0 Å². The van der Waals surface area contributed by atoms with Crippen LogP contribution in [-0.4, -0.2) is 9.13 Å². The monoisotopic (exact) mass is 1430 g/mol. The Bertz CT molecular complexity index is 4970. The van der Waals surface area contributed by atoms with Gasteiger partial charge in [-0.15, -0.1) is 0 Å². The number of nitrogens with zero attached hydrogens (tertiary/aromatic N) is 3. The van der Waals surface area contributed by atoms with Crippen LogP contribution in [-0.2, 0) is 55.6 Å². The zero-order valence-electron chi connectivity index (χ0n) is 48.9. The van der Waals surface area contributed by atoms with Crippen molar-refractivity contribution >= 4 is 43.6 Å². The highest BCUT2D eigenvalue weighted by Gasteiger charge is 2.44. The molecular formula is C70H30F27N3. The molecule has 2 aromatic heterocycles. The van der Waals surface area contributed by atoms with Crippen molar-refractivity contribution in [3.05, 3.63) is 238 Å². The molecule has 0 radical (unpaired) electrons. The first-order valence-electron chi connectivity index (χ1n) is 28.3. The Morgan fingerprint density at radius 2 is 0.510 bits per heavy atom. The molecule has 0 unspecified atom stereocenters. The molecule has 0 saturated carbocycles. The molecule has 0 aliphatic carbocycles. The van der Waals surface area contributed by atoms with Crippen molar-refractivity contribution in [2.24, 2.45) is 0 Å². The maximum Gasteiger partial charge on any atom is 0.420 e. The van der Waals surface area contributed by atoms with E-state index in [-0.39, 0.29) is 105 Å². The Morgan fingerprint density at radius 1 is 0.240 bits per heavy atom. The maximum atomic E-state index is 17.6. The van der Waals surface area contributed by atoms with Gasteiger partial charge in [0.2, 0.25) is 0 Å². The minimum atomic E-state index is -6.00. The van der Waals surface area contributed by atoms with E-state index in [1.807, 2.05) is 0 Å². The molecule has 0 bridgehead atoms. The van der Waals surface area contributed by atoms with E-state index < -0.39 is 189 Å². The quantitative estimate of drug-likeness (QED) is 0.146. The molecular weight excluding hydrogens is 1400 g/mol. The van der Waals surface area contributed by atoms with E-state index in [2.05, 4.69) is 0 Å². The largest absolute Gasteiger partial charge is 0.420 e. The number of aromatic nitrogens is 2. The van der Waals surface area contributed by atoms with Crippen LogP contribution >= 0.6 is 0 Å². The Kier molecular flexibility index (Phi) is 16.1. The van der Waals surface area contributed by atoms with Gasteiger partial charge in [0.25, 0.3) is 0 Å². The fourth-order valence-electron chi connectivity index (χ4n) is 12.0. The van der Waals surface area contributed by atoms with E-state index in [9.17, 15) is 111 Å². The minimum Gasteiger partial charge on any atom is -0.309 e. The number of fused-ring (bicyclic) bond motifs is 6. The van der Waals surface area contributed by atoms with E-state index in [1.165, 1.54) is 0 Å². The predicted molar refractivity (Wildman–Crippen MR) is 312 cm³/mol. The summed E-state index contributed by atoms with van der Waals surface area (Å²) in [6, 6.07) is 19.1. The number of halogens is 27. The summed E-state index contributed by atoms with van der Waals surface area (Å²) in [4.78, 5) is 0. The van der Waals surface area contributed by atoms with E-state index in [0.717, 1.165) is 103 Å². The standard InChI is InChI=1S/C70H30F27N3/c71-62(72,73)42-15-38(16-43(27-42)63(74,75)76)33-4-8-51-52-9-5-34(39-17-44(64(77,78)79)28-45(18-39)65(80,81)82)24-57(52)99(56(51)23-33)55-13-12-50(37-3-1-2-32(14-37)31-98)61(60(55)70(95,96)97)100-58-25-35(40-19-46(66(83,84)85)29-47(20-40)67(86,87)88)6-10-53(58)54-11-7-36(26-59(54)100)41-21-48(68(89,90)91)30-49(22-41)69(92,93)94/h1-30H. The van der Waals surface area contributed by atoms with Gasteiger partial charge in [-0.05, 0) is 165 Å². The van der Waals surface area contributed by atoms with Crippen molar-refractivity contribution in [2.75, 3.05) is 0 Å². The molecule has 0 spiro atoms. The number of benzene rings is 10. The van der Waals surface area contributed by atoms with Crippen molar-refractivity contribution < 1.29 is 119 Å². The van der Waals surface area contributed by atoms with Crippen LogP contribution < -0.4 is 0 Å². The fraction of sp³-hybridized carbons (Fsp3) is 0.129. The minimum absolute atomic E-state index is 0.228. The maximum absolute atomic E-state index is 17.6. The van der Waals surface area contributed by atoms with Gasteiger partial charge in [0, 0.05) is 27.1 Å². The first-order chi connectivity index (χ1) is 46.2. The summed E-state index contributed by atoms with van der Waals surface area (Å²) in [5.41, 5.74) is -29.9. The van der Waals surface area contributed by atoms with Gasteiger partial charge in [0.15, 0.2) is 0 Å². The molecule has 514 valence electrons. The molecule has 0 aliphatic heterocycles. The fourth-order valence-corrected chi connectivity index (χ4v) is 12.0. The van der Waals surface area contributed by atoms with Crippen molar-refractivity contribution in [1.29, 1.82) is 5.26 Å². The third-order valence-corrected chi connectivity index (χ3v) is 16.4. The Balaban J connectivity index is 1.29. The summed E-state index contributed by atoms with van der Waals surface area (Å²) in [5, 5.41) is 8.93. The molecule has 0 saturated heterocycles. The second-order valence-corrected chi connectivity index (χ2v) is 22.8. The SMILES string of the molecule is N#Cc1cccc(-c2ccc(-n3c4cc(-c5cc(C(F)(F)F)cc(C(F)(F)F)c5)ccc4c4ccc(-c5cc(C(F)(F)F)cc(C(F)(F)F)c5)cc43)c(C(F)(F)F)c2-n2c3cc(-c4cc(C(F)(F)F)cc(C(F)(F)F)c4)ccc3c3ccc(-c4cc(C(F)(F)F)cc(C(F)(F)F)c4)cc32)c1. The summed E-state index contributed by atoms with van der Waals surface area (Å²) >= 11 is 0. The average Bonchev–Trinajstić information content (AvgIpc) is 1.52. The zero-order chi connectivity index (χ0) is 72.9. The molecule has 12 aromatic rings. The third kappa shape index (κ3) is 13.0. The van der Waals surface area contributed by atoms with Gasteiger partial charge in [-0.2, -0.15) is 124 Å². The molecule has 0 aliphatic rings. The molecule has 30 heteroatoms. The highest BCUT2D eigenvalue weighted by Crippen LogP contribution is 2.52. The lowest BCUT2D eigenvalue weighted by Crippen LogP contribution is -2.17. The van der Waals surface area contributed by atoms with Crippen LogP contribution in [0.2, 0.25) is 0 Å². The number of alkyl halides is 27. The van der Waals surface area contributed by atoms with Crippen LogP contribution in [0.1, 0.15) is 55.6 Å². The summed E-state index contributed by atoms with van der Waals surface area (Å²) in [7, 11) is 0. The average molecular weight is 1430 g/mol. The second kappa shape index (κ2) is 23.3. The van der Waals surface area contributed by atoms with Gasteiger partial charge >= 0.3 is 55.6 Å². The first kappa shape index (κ1) is 69.3. The molecule has 100 heavy (non-hydrogen) atoms. The van der Waals surface area contributed by atoms with Gasteiger partial charge in [-0.25, -0.2) is 0 Å². The van der Waals surface area contributed by atoms with Crippen molar-refractivity contribution in [1.82, 2.24) is 9.13 Å². The Morgan fingerprint density at radius 3 is 0.760 bits per heavy atom. The van der Waals surface area contributed by atoms with Gasteiger partial charge in [0.05, 0.1) is 89.6 Å². The van der Waals surface area contributed by atoms with E-state index in [4.69, 9.17) is 0 Å². The topological polar surface area (TPSA) is 33.6 Å². The first-order valence-corrected chi connectivity index (χ1v) is 28.3. The van der Waals surface area contributed by atoms with Gasteiger partial charge < -0.3 is 9.13 Å². The van der Waals surface area contributed by atoms with Crippen LogP contribution in [0.15, 0.2) is 182 Å². The lowest BCUT2D eigenvalue weighted by molar-refractivity contribution is -0.144.